The summed E-state index contributed by atoms with van der Waals surface area (Å²) in [5.41, 5.74) is 0.699. The minimum absolute atomic E-state index is 0.191. The Bertz CT molecular complexity index is 585. The summed E-state index contributed by atoms with van der Waals surface area (Å²) in [6.07, 6.45) is 24.1. The van der Waals surface area contributed by atoms with Gasteiger partial charge in [-0.05, 0) is 32.1 Å². The first-order valence-corrected chi connectivity index (χ1v) is 11.8. The van der Waals surface area contributed by atoms with Gasteiger partial charge in [-0.25, -0.2) is 9.78 Å². The van der Waals surface area contributed by atoms with Crippen LogP contribution in [-0.4, -0.2) is 33.0 Å². The lowest BCUT2D eigenvalue weighted by atomic mass is 10.1. The molecule has 0 aliphatic heterocycles. The molecule has 6 heteroatoms. The highest BCUT2D eigenvalue weighted by Gasteiger charge is 2.20. The second-order valence-electron chi connectivity index (χ2n) is 8.07. The molecule has 0 radical (unpaired) electrons. The number of rotatable bonds is 19. The highest BCUT2D eigenvalue weighted by Crippen LogP contribution is 2.11. The molecule has 0 aliphatic rings. The van der Waals surface area contributed by atoms with Crippen molar-refractivity contribution in [2.75, 3.05) is 0 Å². The lowest BCUT2D eigenvalue weighted by molar-refractivity contribution is -0.141. The van der Waals surface area contributed by atoms with E-state index in [0.717, 1.165) is 19.3 Å². The van der Waals surface area contributed by atoms with E-state index >= 15 is 0 Å². The molecule has 0 saturated heterocycles. The molecule has 0 aromatic carbocycles. The molecule has 170 valence electrons. The van der Waals surface area contributed by atoms with Crippen LogP contribution in [0.25, 0.3) is 0 Å². The molecule has 0 spiro atoms. The van der Waals surface area contributed by atoms with E-state index in [2.05, 4.69) is 34.4 Å². The molecule has 1 atom stereocenters. The zero-order chi connectivity index (χ0) is 21.9. The van der Waals surface area contributed by atoms with E-state index in [1.54, 1.807) is 6.20 Å². The first kappa shape index (κ1) is 25.9. The number of nitrogens with one attached hydrogen (secondary N) is 2. The molecule has 1 aromatic heterocycles. The highest BCUT2D eigenvalue weighted by molar-refractivity contribution is 5.83. The van der Waals surface area contributed by atoms with E-state index < -0.39 is 12.0 Å². The number of H-pyrrole nitrogens is 1. The van der Waals surface area contributed by atoms with Crippen LogP contribution in [0.15, 0.2) is 24.7 Å². The summed E-state index contributed by atoms with van der Waals surface area (Å²) < 4.78 is 0. The molecule has 1 rings (SSSR count). The van der Waals surface area contributed by atoms with Crippen LogP contribution in [0.3, 0.4) is 0 Å². The number of imidazole rings is 1. The van der Waals surface area contributed by atoms with E-state index in [9.17, 15) is 14.7 Å². The predicted molar refractivity (Wildman–Crippen MR) is 121 cm³/mol. The Hall–Kier alpha value is -2.11. The number of nitrogens with zero attached hydrogens (tertiary/aromatic N) is 1. The summed E-state index contributed by atoms with van der Waals surface area (Å²) in [4.78, 5) is 30.1. The zero-order valence-corrected chi connectivity index (χ0v) is 18.7. The quantitative estimate of drug-likeness (QED) is 0.202. The Balaban J connectivity index is 1.95. The van der Waals surface area contributed by atoms with E-state index in [1.807, 2.05) is 0 Å². The van der Waals surface area contributed by atoms with Crippen LogP contribution < -0.4 is 5.32 Å². The van der Waals surface area contributed by atoms with Crippen LogP contribution in [-0.2, 0) is 16.0 Å². The third kappa shape index (κ3) is 14.0. The number of carbonyl (C=O) groups excluding carboxylic acids is 1. The number of carboxylic acids is 1. The molecular weight excluding hydrogens is 378 g/mol. The van der Waals surface area contributed by atoms with Crippen molar-refractivity contribution in [1.82, 2.24) is 15.3 Å². The number of unbranched alkanes of at least 4 members (excludes halogenated alkanes) is 11. The maximum absolute atomic E-state index is 12.0. The highest BCUT2D eigenvalue weighted by atomic mass is 16.4. The van der Waals surface area contributed by atoms with Crippen LogP contribution in [0.5, 0.6) is 0 Å². The van der Waals surface area contributed by atoms with E-state index in [1.165, 1.54) is 70.5 Å². The fraction of sp³-hybridized carbons (Fsp3) is 0.708. The summed E-state index contributed by atoms with van der Waals surface area (Å²) in [5.74, 6) is -1.22. The molecular formula is C24H41N3O3. The second kappa shape index (κ2) is 17.7. The summed E-state index contributed by atoms with van der Waals surface area (Å²) in [7, 11) is 0. The van der Waals surface area contributed by atoms with Gasteiger partial charge >= 0.3 is 5.97 Å². The van der Waals surface area contributed by atoms with Gasteiger partial charge in [0.05, 0.1) is 6.33 Å². The monoisotopic (exact) mass is 419 g/mol. The van der Waals surface area contributed by atoms with Gasteiger partial charge in [-0.15, -0.1) is 0 Å². The Morgan fingerprint density at radius 1 is 1.00 bits per heavy atom. The van der Waals surface area contributed by atoms with Crippen molar-refractivity contribution in [1.29, 1.82) is 0 Å². The minimum Gasteiger partial charge on any atom is -0.480 e. The minimum atomic E-state index is -1.02. The maximum atomic E-state index is 12.0. The zero-order valence-electron chi connectivity index (χ0n) is 18.7. The van der Waals surface area contributed by atoms with Crippen molar-refractivity contribution in [2.45, 2.75) is 109 Å². The van der Waals surface area contributed by atoms with Crippen LogP contribution in [0.2, 0.25) is 0 Å². The SMILES string of the molecule is CCCCCC/C=C\CCCCCCCCCC(=O)N[C@@H](Cc1cnc[nH]1)C(=O)O. The van der Waals surface area contributed by atoms with Gasteiger partial charge in [0.1, 0.15) is 6.04 Å². The third-order valence-corrected chi connectivity index (χ3v) is 5.28. The molecule has 0 fully saturated rings. The average molecular weight is 420 g/mol. The number of hydrogen-bond acceptors (Lipinski definition) is 3. The lowest BCUT2D eigenvalue weighted by Gasteiger charge is -2.13. The molecule has 1 amide bonds. The largest absolute Gasteiger partial charge is 0.480 e. The fourth-order valence-corrected chi connectivity index (χ4v) is 3.44. The molecule has 30 heavy (non-hydrogen) atoms. The van der Waals surface area contributed by atoms with Crippen LogP contribution in [0, 0.1) is 0 Å². The first-order valence-electron chi connectivity index (χ1n) is 11.8. The van der Waals surface area contributed by atoms with Crippen LogP contribution in [0.1, 0.15) is 103 Å². The smallest absolute Gasteiger partial charge is 0.326 e. The van der Waals surface area contributed by atoms with Gasteiger partial charge in [-0.3, -0.25) is 4.79 Å². The number of hydrogen-bond donors (Lipinski definition) is 3. The van der Waals surface area contributed by atoms with Crippen LogP contribution >= 0.6 is 0 Å². The molecule has 1 aromatic rings. The number of aromatic amines is 1. The molecule has 0 saturated carbocycles. The van der Waals surface area contributed by atoms with Crippen LogP contribution in [0.4, 0.5) is 0 Å². The summed E-state index contributed by atoms with van der Waals surface area (Å²) in [5, 5.41) is 11.9. The van der Waals surface area contributed by atoms with Gasteiger partial charge in [0.15, 0.2) is 0 Å². The molecule has 0 aliphatic carbocycles. The number of carboxylic acid groups (broad SMARTS) is 1. The van der Waals surface area contributed by atoms with Gasteiger partial charge in [0, 0.05) is 24.7 Å². The lowest BCUT2D eigenvalue weighted by Crippen LogP contribution is -2.42. The third-order valence-electron chi connectivity index (χ3n) is 5.28. The topological polar surface area (TPSA) is 95.1 Å². The molecule has 3 N–H and O–H groups in total. The first-order chi connectivity index (χ1) is 14.6. The molecule has 6 nitrogen and oxygen atoms in total. The van der Waals surface area contributed by atoms with Crippen molar-refractivity contribution < 1.29 is 14.7 Å². The van der Waals surface area contributed by atoms with Crippen molar-refractivity contribution in [2.24, 2.45) is 0 Å². The fourth-order valence-electron chi connectivity index (χ4n) is 3.44. The normalized spacial score (nSPS) is 12.3. The standard InChI is InChI=1S/C24H41N3O3/c1-2-3-4-5-6-7-8-9-10-11-12-13-14-15-16-17-23(28)27-22(24(29)30)18-21-19-25-20-26-21/h7-8,19-20,22H,2-6,9-18H2,1H3,(H,25,26)(H,27,28)(H,29,30)/b8-7-/t22-/m0/s1. The van der Waals surface area contributed by atoms with Gasteiger partial charge < -0.3 is 15.4 Å². The Morgan fingerprint density at radius 2 is 1.60 bits per heavy atom. The molecule has 0 bridgehead atoms. The number of allylic oxidation sites excluding steroid dienone is 2. The van der Waals surface area contributed by atoms with Crippen molar-refractivity contribution in [3.63, 3.8) is 0 Å². The van der Waals surface area contributed by atoms with Gasteiger partial charge in [0.2, 0.25) is 5.91 Å². The molecule has 0 unspecified atom stereocenters. The number of aromatic nitrogens is 2. The summed E-state index contributed by atoms with van der Waals surface area (Å²) >= 11 is 0. The summed E-state index contributed by atoms with van der Waals surface area (Å²) in [6, 6.07) is -0.914. The Morgan fingerprint density at radius 3 is 2.17 bits per heavy atom. The number of carbonyl (C=O) groups is 2. The number of amides is 1. The second-order valence-corrected chi connectivity index (χ2v) is 8.07. The van der Waals surface area contributed by atoms with Crippen molar-refractivity contribution >= 4 is 11.9 Å². The van der Waals surface area contributed by atoms with Crippen molar-refractivity contribution in [3.8, 4) is 0 Å². The maximum Gasteiger partial charge on any atom is 0.326 e. The van der Waals surface area contributed by atoms with Gasteiger partial charge in [0.25, 0.3) is 0 Å². The Kier molecular flexibility index (Phi) is 15.3. The predicted octanol–water partition coefficient (Wildman–Crippen LogP) is 5.56. The van der Waals surface area contributed by atoms with Gasteiger partial charge in [-0.2, -0.15) is 0 Å². The summed E-state index contributed by atoms with van der Waals surface area (Å²) in [6.45, 7) is 2.24. The average Bonchev–Trinajstić information content (AvgIpc) is 3.23. The van der Waals surface area contributed by atoms with E-state index in [4.69, 9.17) is 0 Å². The van der Waals surface area contributed by atoms with Crippen molar-refractivity contribution in [3.05, 3.63) is 30.4 Å². The van der Waals surface area contributed by atoms with E-state index in [0.29, 0.717) is 12.1 Å². The Labute approximate surface area is 182 Å². The molecule has 1 heterocycles. The number of aliphatic carboxylic acids is 1. The van der Waals surface area contributed by atoms with Gasteiger partial charge in [-0.1, -0.05) is 70.4 Å². The van der Waals surface area contributed by atoms with E-state index in [-0.39, 0.29) is 12.3 Å².